The van der Waals surface area contributed by atoms with Crippen molar-refractivity contribution in [3.05, 3.63) is 29.8 Å². The van der Waals surface area contributed by atoms with Crippen LogP contribution in [-0.2, 0) is 28.8 Å². The van der Waals surface area contributed by atoms with Gasteiger partial charge in [-0.25, -0.2) is 0 Å². The van der Waals surface area contributed by atoms with Gasteiger partial charge in [0.25, 0.3) is 11.8 Å². The second-order valence-corrected chi connectivity index (χ2v) is 12.4. The highest BCUT2D eigenvalue weighted by Crippen LogP contribution is 2.18. The number of hydrogen-bond donors (Lipinski definition) is 9. The van der Waals surface area contributed by atoms with Crippen LogP contribution in [0, 0.1) is 0 Å². The van der Waals surface area contributed by atoms with Gasteiger partial charge in [-0.15, -0.1) is 0 Å². The Hall–Kier alpha value is -5.16. The Morgan fingerprint density at radius 1 is 0.755 bits per heavy atom. The summed E-state index contributed by atoms with van der Waals surface area (Å²) in [5, 5.41) is 52.0. The molecular weight excluding hydrogens is 701 g/mol. The summed E-state index contributed by atoms with van der Waals surface area (Å²) >= 11 is 0. The minimum Gasteiger partial charge on any atom is -0.480 e. The lowest BCUT2D eigenvalue weighted by Crippen LogP contribution is -2.48. The maximum Gasteiger partial charge on any atom is 0.475 e. The van der Waals surface area contributed by atoms with E-state index in [9.17, 15) is 58.9 Å². The molecule has 3 rings (SSSR count). The Balaban J connectivity index is 1.50. The van der Waals surface area contributed by atoms with E-state index in [2.05, 4.69) is 26.5 Å². The van der Waals surface area contributed by atoms with Crippen molar-refractivity contribution in [1.82, 2.24) is 35.7 Å². The van der Waals surface area contributed by atoms with Crippen LogP contribution in [0.2, 0.25) is 0 Å². The molecule has 0 spiro atoms. The summed E-state index contributed by atoms with van der Waals surface area (Å²) in [6, 6.07) is 5.96. The number of anilines is 1. The highest BCUT2D eigenvalue weighted by molar-refractivity contribution is 6.43. The molecule has 0 aliphatic carbocycles. The number of rotatable bonds is 16. The van der Waals surface area contributed by atoms with Gasteiger partial charge in [0.05, 0.1) is 44.4 Å². The molecule has 9 N–H and O–H groups in total. The van der Waals surface area contributed by atoms with Crippen molar-refractivity contribution in [1.29, 1.82) is 0 Å². The van der Waals surface area contributed by atoms with E-state index in [1.54, 1.807) is 9.80 Å². The van der Waals surface area contributed by atoms with Crippen LogP contribution in [0.1, 0.15) is 29.6 Å². The first kappa shape index (κ1) is 42.3. The summed E-state index contributed by atoms with van der Waals surface area (Å²) in [4.78, 5) is 95.1. The van der Waals surface area contributed by atoms with Crippen LogP contribution in [0.3, 0.4) is 0 Å². The lowest BCUT2D eigenvalue weighted by molar-refractivity contribution is -0.140. The quantitative estimate of drug-likeness (QED) is 0.0575. The molecule has 2 aliphatic heterocycles. The van der Waals surface area contributed by atoms with E-state index < -0.39 is 61.1 Å². The molecule has 22 heteroatoms. The first-order chi connectivity index (χ1) is 25.2. The van der Waals surface area contributed by atoms with Crippen molar-refractivity contribution in [2.75, 3.05) is 90.5 Å². The van der Waals surface area contributed by atoms with Crippen molar-refractivity contribution in [3.8, 4) is 0 Å². The van der Waals surface area contributed by atoms with Crippen LogP contribution in [0.15, 0.2) is 29.3 Å². The van der Waals surface area contributed by atoms with Crippen LogP contribution in [0.25, 0.3) is 0 Å². The number of amides is 4. The summed E-state index contributed by atoms with van der Waals surface area (Å²) in [5.74, 6) is -6.19. The average Bonchev–Trinajstić information content (AvgIpc) is 3.60. The van der Waals surface area contributed by atoms with Gasteiger partial charge < -0.3 is 40.9 Å². The predicted molar refractivity (Wildman–Crippen MR) is 188 cm³/mol. The molecule has 4 amide bonds. The van der Waals surface area contributed by atoms with E-state index in [1.807, 2.05) is 0 Å². The van der Waals surface area contributed by atoms with Gasteiger partial charge in [0.15, 0.2) is 0 Å². The van der Waals surface area contributed by atoms with Crippen LogP contribution in [0.5, 0.6) is 0 Å². The third-order valence-electron chi connectivity index (χ3n) is 8.39. The Morgan fingerprint density at radius 2 is 1.34 bits per heavy atom. The van der Waals surface area contributed by atoms with Crippen molar-refractivity contribution in [2.24, 2.45) is 4.99 Å². The van der Waals surface area contributed by atoms with Gasteiger partial charge in [0, 0.05) is 64.3 Å². The number of hydrogen-bond acceptors (Lipinski definition) is 14. The molecule has 290 valence electrons. The number of nitrogens with zero attached hydrogens (tertiary/aromatic N) is 5. The lowest BCUT2D eigenvalue weighted by atomic mass is 9.78. The van der Waals surface area contributed by atoms with E-state index in [0.29, 0.717) is 25.1 Å². The standard InChI is InChI=1S/C31H46BN9O12/c42-25(37-36-22-5-3-21(4-6-22)30(50)35-16-26(43)41-10-1-2-24(41)32(52)53)7-8-34-31(51)23-17-40(20-29(48)49)15-14-39(19-28(46)47)13-12-38(11-9-33-23)18-27(44)45/h3-6,24,36,52-53H,1-2,7-20H2,(H,34,51)(H,35,50)(H,37,42)(H,44,45)(H,46,47)(H,48,49)/b33-23-/t24-/m0/s1. The average molecular weight is 748 g/mol. The molecule has 0 saturated carbocycles. The van der Waals surface area contributed by atoms with E-state index >= 15 is 0 Å². The van der Waals surface area contributed by atoms with E-state index in [1.165, 1.54) is 34.1 Å². The van der Waals surface area contributed by atoms with Gasteiger partial charge in [-0.1, -0.05) is 0 Å². The maximum atomic E-state index is 13.1. The lowest BCUT2D eigenvalue weighted by Gasteiger charge is -2.29. The Kier molecular flexibility index (Phi) is 17.1. The number of aliphatic imine (C=N–C) groups is 1. The molecule has 0 radical (unpaired) electrons. The zero-order valence-electron chi connectivity index (χ0n) is 29.1. The normalized spacial score (nSPS) is 18.7. The topological polar surface area (TPSA) is 294 Å². The van der Waals surface area contributed by atoms with Gasteiger partial charge >= 0.3 is 25.0 Å². The number of aliphatic carboxylic acids is 3. The number of carbonyl (C=O) groups is 7. The molecular formula is C31H46BN9O12. The Morgan fingerprint density at radius 3 is 1.94 bits per heavy atom. The molecule has 53 heavy (non-hydrogen) atoms. The SMILES string of the molecule is O=C(O)CN1CC/N=C(\C(=O)NCCC(=O)NNc2ccc(C(=O)NCC(=O)N3CCC[C@H]3B(O)O)cc2)CN(CC(=O)O)CCN(CC(=O)O)CC1. The minimum absolute atomic E-state index is 0.00746. The fraction of sp³-hybridized carbons (Fsp3) is 0.548. The smallest absolute Gasteiger partial charge is 0.475 e. The summed E-state index contributed by atoms with van der Waals surface area (Å²) in [6.07, 6.45) is 0.920. The first-order valence-electron chi connectivity index (χ1n) is 16.9. The first-order valence-corrected chi connectivity index (χ1v) is 16.9. The van der Waals surface area contributed by atoms with Gasteiger partial charge in [-0.3, -0.25) is 64.1 Å². The molecule has 1 aromatic rings. The number of benzene rings is 1. The molecule has 1 atom stereocenters. The number of hydrazine groups is 1. The molecule has 1 saturated heterocycles. The largest absolute Gasteiger partial charge is 0.480 e. The van der Waals surface area contributed by atoms with Gasteiger partial charge in [-0.2, -0.15) is 0 Å². The van der Waals surface area contributed by atoms with Gasteiger partial charge in [0.1, 0.15) is 5.71 Å². The van der Waals surface area contributed by atoms with Crippen molar-refractivity contribution >= 4 is 60.1 Å². The molecule has 1 aromatic carbocycles. The zero-order chi connectivity index (χ0) is 38.9. The summed E-state index contributed by atoms with van der Waals surface area (Å²) in [7, 11) is -1.66. The van der Waals surface area contributed by atoms with Crippen molar-refractivity contribution in [3.63, 3.8) is 0 Å². The van der Waals surface area contributed by atoms with Crippen LogP contribution in [-0.4, -0.2) is 190 Å². The second kappa shape index (κ2) is 21.4. The molecule has 2 aliphatic rings. The number of carboxylic acid groups (broad SMARTS) is 3. The number of carbonyl (C=O) groups excluding carboxylic acids is 4. The van der Waals surface area contributed by atoms with Crippen molar-refractivity contribution < 1.29 is 58.9 Å². The number of likely N-dealkylation sites (tertiary alicyclic amines) is 1. The van der Waals surface area contributed by atoms with E-state index in [4.69, 9.17) is 0 Å². The minimum atomic E-state index is -1.66. The van der Waals surface area contributed by atoms with Gasteiger partial charge in [0.2, 0.25) is 11.8 Å². The summed E-state index contributed by atoms with van der Waals surface area (Å²) in [6.45, 7) is -0.581. The molecule has 0 aromatic heterocycles. The molecule has 1 fully saturated rings. The molecule has 0 bridgehead atoms. The fourth-order valence-electron chi connectivity index (χ4n) is 5.70. The fourth-order valence-corrected chi connectivity index (χ4v) is 5.70. The number of carboxylic acids is 3. The predicted octanol–water partition coefficient (Wildman–Crippen LogP) is -4.02. The molecule has 2 heterocycles. The third kappa shape index (κ3) is 15.2. The highest BCUT2D eigenvalue weighted by Gasteiger charge is 2.36. The monoisotopic (exact) mass is 747 g/mol. The number of nitrogens with one attached hydrogen (secondary N) is 4. The zero-order valence-corrected chi connectivity index (χ0v) is 29.1. The van der Waals surface area contributed by atoms with E-state index in [0.717, 1.165) is 0 Å². The van der Waals surface area contributed by atoms with Crippen LogP contribution >= 0.6 is 0 Å². The highest BCUT2D eigenvalue weighted by atomic mass is 16.4. The third-order valence-corrected chi connectivity index (χ3v) is 8.39. The maximum absolute atomic E-state index is 13.1. The Bertz CT molecular complexity index is 1500. The van der Waals surface area contributed by atoms with Crippen LogP contribution in [0.4, 0.5) is 5.69 Å². The van der Waals surface area contributed by atoms with Gasteiger partial charge in [-0.05, 0) is 37.1 Å². The second-order valence-electron chi connectivity index (χ2n) is 12.4. The van der Waals surface area contributed by atoms with E-state index in [-0.39, 0.29) is 89.7 Å². The summed E-state index contributed by atoms with van der Waals surface area (Å²) in [5.41, 5.74) is 5.77. The summed E-state index contributed by atoms with van der Waals surface area (Å²) < 4.78 is 0. The van der Waals surface area contributed by atoms with Crippen molar-refractivity contribution in [2.45, 2.75) is 25.2 Å². The van der Waals surface area contributed by atoms with Crippen LogP contribution < -0.4 is 21.5 Å². The molecule has 21 nitrogen and oxygen atoms in total. The Labute approximate surface area is 305 Å². The molecule has 0 unspecified atom stereocenters.